The molecule has 2 aromatic carbocycles. The molecule has 5 nitrogen and oxygen atoms in total. The van der Waals surface area contributed by atoms with E-state index in [4.69, 9.17) is 16.3 Å². The molecule has 1 N–H and O–H groups in total. The number of rotatable bonds is 5. The van der Waals surface area contributed by atoms with Gasteiger partial charge in [-0.1, -0.05) is 23.7 Å². The number of sulfonamides is 1. The van der Waals surface area contributed by atoms with Crippen LogP contribution >= 0.6 is 11.6 Å². The van der Waals surface area contributed by atoms with Crippen LogP contribution in [0.15, 0.2) is 53.9 Å². The van der Waals surface area contributed by atoms with Crippen molar-refractivity contribution in [2.24, 2.45) is 0 Å². The molecule has 25 heavy (non-hydrogen) atoms. The Balaban J connectivity index is 1.64. The Morgan fingerprint density at radius 3 is 2.28 bits per heavy atom. The van der Waals surface area contributed by atoms with Gasteiger partial charge in [-0.25, -0.2) is 8.42 Å². The van der Waals surface area contributed by atoms with Gasteiger partial charge in [-0.05, 0) is 48.0 Å². The van der Waals surface area contributed by atoms with Gasteiger partial charge in [0.2, 0.25) is 0 Å². The molecule has 0 saturated carbocycles. The molecule has 132 valence electrons. The highest BCUT2D eigenvalue weighted by atomic mass is 35.5. The molecule has 3 rings (SSSR count). The van der Waals surface area contributed by atoms with E-state index in [9.17, 15) is 8.42 Å². The largest absolute Gasteiger partial charge is 0.378 e. The van der Waals surface area contributed by atoms with Gasteiger partial charge in [0, 0.05) is 29.5 Å². The molecule has 0 atom stereocenters. The molecule has 1 heterocycles. The molecule has 0 spiro atoms. The first-order valence-electron chi connectivity index (χ1n) is 7.91. The lowest BCUT2D eigenvalue weighted by molar-refractivity contribution is 0.122. The second-order valence-corrected chi connectivity index (χ2v) is 7.65. The highest BCUT2D eigenvalue weighted by Crippen LogP contribution is 2.20. The second-order valence-electron chi connectivity index (χ2n) is 5.65. The lowest BCUT2D eigenvalue weighted by Crippen LogP contribution is -2.36. The third-order valence-corrected chi connectivity index (χ3v) is 5.08. The third kappa shape index (κ3) is 5.22. The molecule has 0 bridgehead atoms. The standard InChI is InChI=1S/C18H19ClN2O3S/c19-16-3-1-15(2-4-16)9-14-25(22,23)20-17-5-7-18(8-6-17)21-10-12-24-13-11-21/h1-9,14,20H,10-13H2/b14-9+. The number of benzene rings is 2. The van der Waals surface area contributed by atoms with Gasteiger partial charge < -0.3 is 9.64 Å². The lowest BCUT2D eigenvalue weighted by atomic mass is 10.2. The number of hydrogen-bond acceptors (Lipinski definition) is 4. The van der Waals surface area contributed by atoms with Crippen LogP contribution in [0.3, 0.4) is 0 Å². The molecule has 0 unspecified atom stereocenters. The minimum absolute atomic E-state index is 0.526. The van der Waals surface area contributed by atoms with Crippen LogP contribution in [0.1, 0.15) is 5.56 Å². The Hall–Kier alpha value is -2.02. The summed E-state index contributed by atoms with van der Waals surface area (Å²) in [4.78, 5) is 2.21. The molecular weight excluding hydrogens is 360 g/mol. The van der Waals surface area contributed by atoms with E-state index >= 15 is 0 Å². The van der Waals surface area contributed by atoms with Crippen molar-refractivity contribution >= 4 is 39.1 Å². The normalized spacial score (nSPS) is 15.5. The molecule has 0 aliphatic carbocycles. The van der Waals surface area contributed by atoms with Crippen LogP contribution in [-0.4, -0.2) is 34.7 Å². The molecule has 7 heteroatoms. The van der Waals surface area contributed by atoms with Crippen LogP contribution in [0.25, 0.3) is 6.08 Å². The number of nitrogens with one attached hydrogen (secondary N) is 1. The monoisotopic (exact) mass is 378 g/mol. The minimum atomic E-state index is -3.58. The fourth-order valence-corrected chi connectivity index (χ4v) is 3.50. The highest BCUT2D eigenvalue weighted by Gasteiger charge is 2.11. The maximum absolute atomic E-state index is 12.2. The molecule has 2 aromatic rings. The van der Waals surface area contributed by atoms with E-state index < -0.39 is 10.0 Å². The quantitative estimate of drug-likeness (QED) is 0.863. The summed E-state index contributed by atoms with van der Waals surface area (Å²) in [6.45, 7) is 3.11. The summed E-state index contributed by atoms with van der Waals surface area (Å²) in [7, 11) is -3.58. The average molecular weight is 379 g/mol. The Morgan fingerprint density at radius 2 is 1.64 bits per heavy atom. The van der Waals surface area contributed by atoms with Crippen molar-refractivity contribution in [2.45, 2.75) is 0 Å². The van der Waals surface area contributed by atoms with Gasteiger partial charge in [-0.2, -0.15) is 0 Å². The van der Waals surface area contributed by atoms with Crippen LogP contribution < -0.4 is 9.62 Å². The summed E-state index contributed by atoms with van der Waals surface area (Å²) in [5.41, 5.74) is 2.35. The van der Waals surface area contributed by atoms with Gasteiger partial charge >= 0.3 is 0 Å². The van der Waals surface area contributed by atoms with Crippen LogP contribution in [0.5, 0.6) is 0 Å². The van der Waals surface area contributed by atoms with E-state index in [0.717, 1.165) is 29.7 Å². The van der Waals surface area contributed by atoms with Gasteiger partial charge in [-0.3, -0.25) is 4.72 Å². The SMILES string of the molecule is O=S(=O)(/C=C/c1ccc(Cl)cc1)Nc1ccc(N2CCOCC2)cc1. The van der Waals surface area contributed by atoms with Crippen LogP contribution in [0.4, 0.5) is 11.4 Å². The summed E-state index contributed by atoms with van der Waals surface area (Å²) in [6.07, 6.45) is 1.53. The molecule has 0 radical (unpaired) electrons. The van der Waals surface area contributed by atoms with E-state index in [1.807, 2.05) is 12.1 Å². The maximum atomic E-state index is 12.2. The van der Waals surface area contributed by atoms with E-state index in [1.54, 1.807) is 36.4 Å². The Bertz CT molecular complexity index is 828. The van der Waals surface area contributed by atoms with Crippen molar-refractivity contribution in [3.05, 3.63) is 64.5 Å². The van der Waals surface area contributed by atoms with Gasteiger partial charge in [0.25, 0.3) is 10.0 Å². The van der Waals surface area contributed by atoms with Gasteiger partial charge in [-0.15, -0.1) is 0 Å². The molecule has 1 saturated heterocycles. The van der Waals surface area contributed by atoms with E-state index in [1.165, 1.54) is 6.08 Å². The highest BCUT2D eigenvalue weighted by molar-refractivity contribution is 7.95. The number of morpholine rings is 1. The molecule has 0 aromatic heterocycles. The topological polar surface area (TPSA) is 58.6 Å². The number of hydrogen-bond donors (Lipinski definition) is 1. The maximum Gasteiger partial charge on any atom is 0.255 e. The first-order chi connectivity index (χ1) is 12.0. The smallest absolute Gasteiger partial charge is 0.255 e. The van der Waals surface area contributed by atoms with Gasteiger partial charge in [0.05, 0.1) is 18.6 Å². The van der Waals surface area contributed by atoms with Crippen molar-refractivity contribution in [3.63, 3.8) is 0 Å². The zero-order valence-corrected chi connectivity index (χ0v) is 15.1. The van der Waals surface area contributed by atoms with E-state index in [0.29, 0.717) is 23.9 Å². The lowest BCUT2D eigenvalue weighted by Gasteiger charge is -2.28. The molecular formula is C18H19ClN2O3S. The summed E-state index contributed by atoms with van der Waals surface area (Å²) >= 11 is 5.81. The number of anilines is 2. The van der Waals surface area contributed by atoms with Crippen molar-refractivity contribution in [1.82, 2.24) is 0 Å². The Kier molecular flexibility index (Phi) is 5.63. The zero-order chi connectivity index (χ0) is 17.7. The Labute approximate surface area is 152 Å². The van der Waals surface area contributed by atoms with Crippen LogP contribution in [-0.2, 0) is 14.8 Å². The van der Waals surface area contributed by atoms with Crippen molar-refractivity contribution in [3.8, 4) is 0 Å². The molecule has 0 amide bonds. The van der Waals surface area contributed by atoms with Crippen molar-refractivity contribution in [1.29, 1.82) is 0 Å². The number of nitrogens with zero attached hydrogens (tertiary/aromatic N) is 1. The van der Waals surface area contributed by atoms with E-state index in [-0.39, 0.29) is 0 Å². The van der Waals surface area contributed by atoms with Gasteiger partial charge in [0.1, 0.15) is 0 Å². The number of ether oxygens (including phenoxy) is 1. The minimum Gasteiger partial charge on any atom is -0.378 e. The van der Waals surface area contributed by atoms with Crippen molar-refractivity contribution < 1.29 is 13.2 Å². The average Bonchev–Trinajstić information content (AvgIpc) is 2.62. The fourth-order valence-electron chi connectivity index (χ4n) is 2.50. The molecule has 1 aliphatic rings. The summed E-state index contributed by atoms with van der Waals surface area (Å²) in [5, 5.41) is 1.75. The third-order valence-electron chi connectivity index (χ3n) is 3.81. The summed E-state index contributed by atoms with van der Waals surface area (Å²) in [5.74, 6) is 0. The van der Waals surface area contributed by atoms with Crippen LogP contribution in [0.2, 0.25) is 5.02 Å². The van der Waals surface area contributed by atoms with Gasteiger partial charge in [0.15, 0.2) is 0 Å². The second kappa shape index (κ2) is 7.91. The first kappa shape index (κ1) is 17.8. The Morgan fingerprint density at radius 1 is 1.00 bits per heavy atom. The van der Waals surface area contributed by atoms with Crippen molar-refractivity contribution in [2.75, 3.05) is 35.9 Å². The fraction of sp³-hybridized carbons (Fsp3) is 0.222. The molecule has 1 fully saturated rings. The summed E-state index contributed by atoms with van der Waals surface area (Å²) < 4.78 is 32.2. The number of halogens is 1. The predicted molar refractivity (Wildman–Crippen MR) is 103 cm³/mol. The first-order valence-corrected chi connectivity index (χ1v) is 9.83. The zero-order valence-electron chi connectivity index (χ0n) is 13.6. The van der Waals surface area contributed by atoms with Crippen LogP contribution in [0, 0.1) is 0 Å². The van der Waals surface area contributed by atoms with E-state index in [2.05, 4.69) is 9.62 Å². The summed E-state index contributed by atoms with van der Waals surface area (Å²) in [6, 6.07) is 14.3. The predicted octanol–water partition coefficient (Wildman–Crippen LogP) is 3.59. The molecule has 1 aliphatic heterocycles.